The maximum atomic E-state index is 13.3. The van der Waals surface area contributed by atoms with E-state index in [0.717, 1.165) is 11.1 Å². The molecule has 0 unspecified atom stereocenters. The normalized spacial score (nSPS) is 11.2. The quantitative estimate of drug-likeness (QED) is 0.324. The van der Waals surface area contributed by atoms with Crippen molar-refractivity contribution in [2.45, 2.75) is 32.1 Å². The lowest BCUT2D eigenvalue weighted by Gasteiger charge is -2.19. The van der Waals surface area contributed by atoms with Gasteiger partial charge in [-0.1, -0.05) is 93.6 Å². The molecule has 4 aromatic rings. The van der Waals surface area contributed by atoms with Crippen LogP contribution in [0.4, 0.5) is 11.4 Å². The Morgan fingerprint density at radius 1 is 0.600 bits per heavy atom. The van der Waals surface area contributed by atoms with Gasteiger partial charge in [0.2, 0.25) is 5.91 Å². The van der Waals surface area contributed by atoms with Gasteiger partial charge in [-0.3, -0.25) is 9.59 Å². The lowest BCUT2D eigenvalue weighted by atomic mass is 9.87. The van der Waals surface area contributed by atoms with Crippen LogP contribution in [0.15, 0.2) is 109 Å². The van der Waals surface area contributed by atoms with E-state index in [-0.39, 0.29) is 17.2 Å². The minimum absolute atomic E-state index is 0.0370. The summed E-state index contributed by atoms with van der Waals surface area (Å²) in [6.45, 7) is 6.43. The molecule has 0 saturated carbocycles. The van der Waals surface area contributed by atoms with Crippen molar-refractivity contribution >= 4 is 23.2 Å². The fourth-order valence-electron chi connectivity index (χ4n) is 3.96. The summed E-state index contributed by atoms with van der Waals surface area (Å²) >= 11 is 0. The van der Waals surface area contributed by atoms with Crippen LogP contribution in [0, 0.1) is 0 Å². The van der Waals surface area contributed by atoms with Crippen molar-refractivity contribution in [2.24, 2.45) is 0 Å². The first-order valence-corrected chi connectivity index (χ1v) is 11.7. The van der Waals surface area contributed by atoms with Crippen LogP contribution in [-0.4, -0.2) is 11.8 Å². The molecule has 4 nitrogen and oxygen atoms in total. The molecule has 0 spiro atoms. The van der Waals surface area contributed by atoms with Gasteiger partial charge in [-0.15, -0.1) is 0 Å². The molecule has 0 bridgehead atoms. The highest BCUT2D eigenvalue weighted by Crippen LogP contribution is 2.27. The SMILES string of the molecule is CC(C)(C)c1ccc(C(=O)Nc2ccc(NC(=O)C(c3ccccc3)c3ccccc3)cc2)cc1. The zero-order chi connectivity index (χ0) is 24.8. The first kappa shape index (κ1) is 24.0. The van der Waals surface area contributed by atoms with Gasteiger partial charge in [0.1, 0.15) is 0 Å². The number of carbonyl (C=O) groups is 2. The molecule has 35 heavy (non-hydrogen) atoms. The third-order valence-corrected chi connectivity index (χ3v) is 5.95. The maximum absolute atomic E-state index is 13.3. The van der Waals surface area contributed by atoms with E-state index in [1.165, 1.54) is 5.56 Å². The Labute approximate surface area is 207 Å². The summed E-state index contributed by atoms with van der Waals surface area (Å²) in [5.41, 5.74) is 5.00. The number of anilines is 2. The van der Waals surface area contributed by atoms with Crippen LogP contribution in [0.5, 0.6) is 0 Å². The molecule has 4 heteroatoms. The third-order valence-electron chi connectivity index (χ3n) is 5.95. The van der Waals surface area contributed by atoms with Gasteiger partial charge in [0, 0.05) is 16.9 Å². The number of amides is 2. The smallest absolute Gasteiger partial charge is 0.255 e. The van der Waals surface area contributed by atoms with E-state index < -0.39 is 5.92 Å². The summed E-state index contributed by atoms with van der Waals surface area (Å²) in [6, 6.07) is 34.3. The molecule has 2 amide bonds. The molecule has 2 N–H and O–H groups in total. The van der Waals surface area contributed by atoms with E-state index in [9.17, 15) is 9.59 Å². The first-order chi connectivity index (χ1) is 16.8. The number of benzene rings is 4. The van der Waals surface area contributed by atoms with E-state index in [2.05, 4.69) is 31.4 Å². The topological polar surface area (TPSA) is 58.2 Å². The predicted octanol–water partition coefficient (Wildman–Crippen LogP) is 7.01. The van der Waals surface area contributed by atoms with Crippen LogP contribution in [0.2, 0.25) is 0 Å². The van der Waals surface area contributed by atoms with E-state index in [1.54, 1.807) is 24.3 Å². The number of hydrogen-bond acceptors (Lipinski definition) is 2. The van der Waals surface area contributed by atoms with E-state index in [0.29, 0.717) is 16.9 Å². The maximum Gasteiger partial charge on any atom is 0.255 e. The molecule has 4 aromatic carbocycles. The summed E-state index contributed by atoms with van der Waals surface area (Å²) < 4.78 is 0. The van der Waals surface area contributed by atoms with Crippen molar-refractivity contribution in [1.82, 2.24) is 0 Å². The predicted molar refractivity (Wildman–Crippen MR) is 143 cm³/mol. The molecular formula is C31H30N2O2. The van der Waals surface area contributed by atoms with Gasteiger partial charge in [-0.25, -0.2) is 0 Å². The minimum Gasteiger partial charge on any atom is -0.325 e. The van der Waals surface area contributed by atoms with Gasteiger partial charge in [0.05, 0.1) is 5.92 Å². The van der Waals surface area contributed by atoms with Crippen LogP contribution < -0.4 is 10.6 Å². The second-order valence-corrected chi connectivity index (χ2v) is 9.60. The van der Waals surface area contributed by atoms with E-state index in [4.69, 9.17) is 0 Å². The summed E-state index contributed by atoms with van der Waals surface area (Å²) in [5, 5.41) is 5.94. The molecule has 0 saturated heterocycles. The Kier molecular flexibility index (Phi) is 7.11. The number of nitrogens with one attached hydrogen (secondary N) is 2. The molecule has 0 fully saturated rings. The van der Waals surface area contributed by atoms with Gasteiger partial charge in [-0.05, 0) is 58.5 Å². The van der Waals surface area contributed by atoms with Crippen molar-refractivity contribution in [1.29, 1.82) is 0 Å². The third kappa shape index (κ3) is 6.04. The molecule has 0 aliphatic heterocycles. The van der Waals surface area contributed by atoms with Gasteiger partial charge >= 0.3 is 0 Å². The van der Waals surface area contributed by atoms with Crippen molar-refractivity contribution in [3.63, 3.8) is 0 Å². The van der Waals surface area contributed by atoms with E-state index >= 15 is 0 Å². The van der Waals surface area contributed by atoms with Crippen molar-refractivity contribution in [2.75, 3.05) is 10.6 Å². The Morgan fingerprint density at radius 2 is 1.06 bits per heavy atom. The lowest BCUT2D eigenvalue weighted by molar-refractivity contribution is -0.116. The van der Waals surface area contributed by atoms with E-state index in [1.807, 2.05) is 84.9 Å². The molecule has 176 valence electrons. The minimum atomic E-state index is -0.423. The monoisotopic (exact) mass is 462 g/mol. The summed E-state index contributed by atoms with van der Waals surface area (Å²) in [7, 11) is 0. The molecular weight excluding hydrogens is 432 g/mol. The fraction of sp³-hybridized carbons (Fsp3) is 0.161. The molecule has 0 aliphatic rings. The second-order valence-electron chi connectivity index (χ2n) is 9.60. The molecule has 0 aliphatic carbocycles. The van der Waals surface area contributed by atoms with Crippen molar-refractivity contribution in [3.05, 3.63) is 131 Å². The van der Waals surface area contributed by atoms with Crippen molar-refractivity contribution in [3.8, 4) is 0 Å². The lowest BCUT2D eigenvalue weighted by Crippen LogP contribution is -2.22. The highest BCUT2D eigenvalue weighted by molar-refractivity contribution is 6.04. The van der Waals surface area contributed by atoms with Crippen LogP contribution >= 0.6 is 0 Å². The average Bonchev–Trinajstić information content (AvgIpc) is 2.86. The van der Waals surface area contributed by atoms with Crippen LogP contribution in [0.3, 0.4) is 0 Å². The zero-order valence-corrected chi connectivity index (χ0v) is 20.3. The molecule has 0 heterocycles. The Balaban J connectivity index is 1.44. The Morgan fingerprint density at radius 3 is 1.51 bits per heavy atom. The van der Waals surface area contributed by atoms with Crippen LogP contribution in [-0.2, 0) is 10.2 Å². The Bertz CT molecular complexity index is 1230. The molecule has 0 radical (unpaired) electrons. The molecule has 0 aromatic heterocycles. The van der Waals surface area contributed by atoms with Crippen molar-refractivity contribution < 1.29 is 9.59 Å². The summed E-state index contributed by atoms with van der Waals surface area (Å²) in [4.78, 5) is 25.9. The molecule has 4 rings (SSSR count). The number of rotatable bonds is 6. The van der Waals surface area contributed by atoms with Gasteiger partial charge in [0.25, 0.3) is 5.91 Å². The first-order valence-electron chi connectivity index (χ1n) is 11.7. The highest BCUT2D eigenvalue weighted by atomic mass is 16.2. The average molecular weight is 463 g/mol. The number of carbonyl (C=O) groups excluding carboxylic acids is 2. The molecule has 0 atom stereocenters. The Hall–Kier alpha value is -4.18. The standard InChI is InChI=1S/C31H30N2O2/c1-31(2,3)25-16-14-24(15-17-25)29(34)32-26-18-20-27(21-19-26)33-30(35)28(22-10-6-4-7-11-22)23-12-8-5-9-13-23/h4-21,28H,1-3H3,(H,32,34)(H,33,35). The van der Waals surface area contributed by atoms with Crippen LogP contribution in [0.25, 0.3) is 0 Å². The summed E-state index contributed by atoms with van der Waals surface area (Å²) in [6.07, 6.45) is 0. The highest BCUT2D eigenvalue weighted by Gasteiger charge is 2.22. The summed E-state index contributed by atoms with van der Waals surface area (Å²) in [5.74, 6) is -0.707. The van der Waals surface area contributed by atoms with Gasteiger partial charge < -0.3 is 10.6 Å². The zero-order valence-electron chi connectivity index (χ0n) is 20.3. The van der Waals surface area contributed by atoms with Crippen LogP contribution in [0.1, 0.15) is 53.7 Å². The second kappa shape index (κ2) is 10.4. The largest absolute Gasteiger partial charge is 0.325 e. The number of hydrogen-bond donors (Lipinski definition) is 2. The van der Waals surface area contributed by atoms with Gasteiger partial charge in [0.15, 0.2) is 0 Å². The fourth-order valence-corrected chi connectivity index (χ4v) is 3.96. The van der Waals surface area contributed by atoms with Gasteiger partial charge in [-0.2, -0.15) is 0 Å².